The van der Waals surface area contributed by atoms with Crippen LogP contribution in [0.3, 0.4) is 0 Å². The number of carbonyl (C=O) groups is 1. The second kappa shape index (κ2) is 10.2. The van der Waals surface area contributed by atoms with Crippen molar-refractivity contribution in [3.05, 3.63) is 57.6 Å². The predicted molar refractivity (Wildman–Crippen MR) is 107 cm³/mol. The van der Waals surface area contributed by atoms with E-state index in [1.807, 2.05) is 19.1 Å². The molecule has 0 aliphatic rings. The molecule has 1 amide bonds. The normalized spacial score (nSPS) is 10.5. The van der Waals surface area contributed by atoms with Crippen LogP contribution in [-0.2, 0) is 4.79 Å². The number of nitrogens with one attached hydrogen (secondary N) is 1. The van der Waals surface area contributed by atoms with E-state index < -0.39 is 5.91 Å². The van der Waals surface area contributed by atoms with Gasteiger partial charge in [-0.3, -0.25) is 4.79 Å². The van der Waals surface area contributed by atoms with Crippen LogP contribution in [0.5, 0.6) is 11.5 Å². The second-order valence-electron chi connectivity index (χ2n) is 5.34. The van der Waals surface area contributed by atoms with Crippen LogP contribution >= 0.6 is 23.2 Å². The average molecular weight is 416 g/mol. The molecule has 0 aliphatic carbocycles. The first-order valence-corrected chi connectivity index (χ1v) is 8.88. The summed E-state index contributed by atoms with van der Waals surface area (Å²) in [6.07, 6.45) is 1.42. The smallest absolute Gasteiger partial charge is 0.266 e. The van der Waals surface area contributed by atoms with Crippen molar-refractivity contribution >= 4 is 40.9 Å². The highest BCUT2D eigenvalue weighted by atomic mass is 35.5. The summed E-state index contributed by atoms with van der Waals surface area (Å²) in [5.41, 5.74) is 0.864. The molecule has 1 N–H and O–H groups in total. The van der Waals surface area contributed by atoms with Crippen LogP contribution in [0.4, 0.5) is 5.69 Å². The summed E-state index contributed by atoms with van der Waals surface area (Å²) in [6, 6.07) is 13.3. The Morgan fingerprint density at radius 3 is 2.54 bits per heavy atom. The molecule has 2 aromatic rings. The molecule has 142 valence electrons. The highest BCUT2D eigenvalue weighted by Crippen LogP contribution is 2.30. The maximum absolute atomic E-state index is 12.4. The van der Waals surface area contributed by atoms with Gasteiger partial charge >= 0.3 is 0 Å². The number of ether oxygens (including phenoxy) is 2. The van der Waals surface area contributed by atoms with Gasteiger partial charge in [-0.05, 0) is 48.9 Å². The minimum atomic E-state index is -0.594. The van der Waals surface area contributed by atoms with E-state index in [1.165, 1.54) is 12.1 Å². The molecule has 0 unspecified atom stereocenters. The van der Waals surface area contributed by atoms with Crippen LogP contribution in [-0.4, -0.2) is 19.1 Å². The Hall–Kier alpha value is -3.19. The summed E-state index contributed by atoms with van der Waals surface area (Å²) in [6.45, 7) is 2.08. The van der Waals surface area contributed by atoms with Crippen molar-refractivity contribution in [3.63, 3.8) is 0 Å². The van der Waals surface area contributed by atoms with Gasteiger partial charge in [0.25, 0.3) is 5.91 Å². The molecule has 0 saturated heterocycles. The molecule has 0 spiro atoms. The van der Waals surface area contributed by atoms with Crippen LogP contribution in [0, 0.1) is 22.7 Å². The molecule has 0 aromatic heterocycles. The van der Waals surface area contributed by atoms with Crippen LogP contribution < -0.4 is 14.8 Å². The van der Waals surface area contributed by atoms with Gasteiger partial charge in [0.1, 0.15) is 17.7 Å². The molecule has 8 heteroatoms. The number of nitriles is 2. The lowest BCUT2D eigenvalue weighted by molar-refractivity contribution is -0.112. The Bertz CT molecular complexity index is 991. The third-order valence-electron chi connectivity index (χ3n) is 3.41. The highest BCUT2D eigenvalue weighted by molar-refractivity contribution is 6.42. The fraction of sp³-hybridized carbons (Fsp3) is 0.150. The van der Waals surface area contributed by atoms with Gasteiger partial charge in [-0.15, -0.1) is 0 Å². The van der Waals surface area contributed by atoms with E-state index in [9.17, 15) is 10.1 Å². The largest absolute Gasteiger partial charge is 0.490 e. The Kier molecular flexibility index (Phi) is 7.71. The zero-order valence-corrected chi connectivity index (χ0v) is 16.3. The molecule has 28 heavy (non-hydrogen) atoms. The van der Waals surface area contributed by atoms with Gasteiger partial charge in [0.05, 0.1) is 16.7 Å². The maximum Gasteiger partial charge on any atom is 0.266 e. The van der Waals surface area contributed by atoms with Crippen LogP contribution in [0.2, 0.25) is 10.0 Å². The molecule has 0 radical (unpaired) electrons. The monoisotopic (exact) mass is 415 g/mol. The average Bonchev–Trinajstić information content (AvgIpc) is 2.68. The summed E-state index contributed by atoms with van der Waals surface area (Å²) in [7, 11) is 0. The van der Waals surface area contributed by atoms with E-state index in [-0.39, 0.29) is 17.2 Å². The minimum Gasteiger partial charge on any atom is -0.490 e. The van der Waals surface area contributed by atoms with E-state index in [4.69, 9.17) is 37.9 Å². The maximum atomic E-state index is 12.4. The quantitative estimate of drug-likeness (QED) is 0.515. The predicted octanol–water partition coefficient (Wildman–Crippen LogP) is 4.84. The molecule has 0 bridgehead atoms. The van der Waals surface area contributed by atoms with E-state index in [2.05, 4.69) is 5.32 Å². The van der Waals surface area contributed by atoms with Crippen molar-refractivity contribution in [1.82, 2.24) is 0 Å². The van der Waals surface area contributed by atoms with Crippen molar-refractivity contribution in [3.8, 4) is 23.6 Å². The molecule has 0 heterocycles. The van der Waals surface area contributed by atoms with Crippen LogP contribution in [0.15, 0.2) is 42.0 Å². The number of hydrogen-bond acceptors (Lipinski definition) is 5. The van der Waals surface area contributed by atoms with Gasteiger partial charge < -0.3 is 14.8 Å². The molecule has 2 rings (SSSR count). The molecule has 0 fully saturated rings. The fourth-order valence-electron chi connectivity index (χ4n) is 2.20. The standard InChI is InChI=1S/C20H15Cl2N3O3/c1-2-27-19-10-13(3-6-18(19)28-8-7-23)9-14(12-24)20(26)25-15-4-5-16(21)17(22)11-15/h3-6,9-11H,2,8H2,1H3,(H,25,26)/b14-9+. The van der Waals surface area contributed by atoms with Crippen LogP contribution in [0.1, 0.15) is 12.5 Å². The Labute approximate surface area is 172 Å². The highest BCUT2D eigenvalue weighted by Gasteiger charge is 2.12. The first-order chi connectivity index (χ1) is 13.5. The number of hydrogen-bond donors (Lipinski definition) is 1. The molecular weight excluding hydrogens is 401 g/mol. The van der Waals surface area contributed by atoms with Gasteiger partial charge in [-0.1, -0.05) is 29.3 Å². The lowest BCUT2D eigenvalue weighted by atomic mass is 10.1. The topological polar surface area (TPSA) is 95.1 Å². The molecular formula is C20H15Cl2N3O3. The van der Waals surface area contributed by atoms with E-state index in [0.717, 1.165) is 0 Å². The fourth-order valence-corrected chi connectivity index (χ4v) is 2.50. The van der Waals surface area contributed by atoms with Crippen molar-refractivity contribution in [2.45, 2.75) is 6.92 Å². The summed E-state index contributed by atoms with van der Waals surface area (Å²) in [4.78, 5) is 12.4. The third kappa shape index (κ3) is 5.65. The van der Waals surface area contributed by atoms with Gasteiger partial charge in [-0.25, -0.2) is 0 Å². The first-order valence-electron chi connectivity index (χ1n) is 8.13. The van der Waals surface area contributed by atoms with E-state index in [1.54, 1.807) is 30.3 Å². The number of benzene rings is 2. The van der Waals surface area contributed by atoms with Gasteiger partial charge in [0.15, 0.2) is 18.1 Å². The first kappa shape index (κ1) is 21.1. The number of carbonyl (C=O) groups excluding carboxylic acids is 1. The summed E-state index contributed by atoms with van der Waals surface area (Å²) in [5, 5.41) is 21.2. The minimum absolute atomic E-state index is 0.112. The summed E-state index contributed by atoms with van der Waals surface area (Å²) < 4.78 is 10.8. The van der Waals surface area contributed by atoms with Gasteiger partial charge in [0.2, 0.25) is 0 Å². The van der Waals surface area contributed by atoms with E-state index >= 15 is 0 Å². The second-order valence-corrected chi connectivity index (χ2v) is 6.15. The Morgan fingerprint density at radius 2 is 1.89 bits per heavy atom. The van der Waals surface area contributed by atoms with Crippen molar-refractivity contribution in [1.29, 1.82) is 10.5 Å². The number of nitrogens with zero attached hydrogens (tertiary/aromatic N) is 2. The molecule has 0 aliphatic heterocycles. The number of amides is 1. The lowest BCUT2D eigenvalue weighted by Gasteiger charge is -2.11. The Balaban J connectivity index is 2.26. The molecule has 0 saturated carbocycles. The molecule has 0 atom stereocenters. The summed E-state index contributed by atoms with van der Waals surface area (Å²) in [5.74, 6) is 0.219. The Morgan fingerprint density at radius 1 is 1.11 bits per heavy atom. The third-order valence-corrected chi connectivity index (χ3v) is 4.15. The SMILES string of the molecule is CCOc1cc(/C=C(\C#N)C(=O)Nc2ccc(Cl)c(Cl)c2)ccc1OCC#N. The van der Waals surface area contributed by atoms with Crippen LogP contribution in [0.25, 0.3) is 6.08 Å². The molecule has 6 nitrogen and oxygen atoms in total. The molecule has 2 aromatic carbocycles. The summed E-state index contributed by atoms with van der Waals surface area (Å²) >= 11 is 11.8. The van der Waals surface area contributed by atoms with Gasteiger partial charge in [0, 0.05) is 5.69 Å². The van der Waals surface area contributed by atoms with Crippen molar-refractivity contribution in [2.75, 3.05) is 18.5 Å². The van der Waals surface area contributed by atoms with Crippen molar-refractivity contribution < 1.29 is 14.3 Å². The lowest BCUT2D eigenvalue weighted by Crippen LogP contribution is -2.13. The zero-order valence-electron chi connectivity index (χ0n) is 14.8. The zero-order chi connectivity index (χ0) is 20.5. The number of halogens is 2. The van der Waals surface area contributed by atoms with Gasteiger partial charge in [-0.2, -0.15) is 10.5 Å². The van der Waals surface area contributed by atoms with E-state index in [0.29, 0.717) is 34.4 Å². The van der Waals surface area contributed by atoms with Crippen molar-refractivity contribution in [2.24, 2.45) is 0 Å². The number of rotatable bonds is 7. The number of anilines is 1.